The molecule has 2 amide bonds. The second-order valence-corrected chi connectivity index (χ2v) is 14.6. The molecule has 0 radical (unpaired) electrons. The average molecular weight is 701 g/mol. The number of carbonyl (C=O) groups excluding carboxylic acids is 2. The highest BCUT2D eigenvalue weighted by Gasteiger charge is 2.35. The fourth-order valence-corrected chi connectivity index (χ4v) is 6.85. The van der Waals surface area contributed by atoms with Crippen LogP contribution in [0.2, 0.25) is 15.1 Å². The predicted molar refractivity (Wildman–Crippen MR) is 186 cm³/mol. The number of carbonyl (C=O) groups is 2. The first-order chi connectivity index (χ1) is 21.8. The van der Waals surface area contributed by atoms with E-state index in [1.54, 1.807) is 36.4 Å². The lowest BCUT2D eigenvalue weighted by molar-refractivity contribution is -0.140. The van der Waals surface area contributed by atoms with E-state index in [0.29, 0.717) is 17.1 Å². The molecule has 0 aliphatic heterocycles. The molecule has 0 aromatic heterocycles. The molecule has 1 atom stereocenters. The quantitative estimate of drug-likeness (QED) is 0.156. The smallest absolute Gasteiger partial charge is 0.264 e. The van der Waals surface area contributed by atoms with Crippen LogP contribution in [0.1, 0.15) is 30.5 Å². The average Bonchev–Trinajstić information content (AvgIpc) is 3.01. The third-order valence-electron chi connectivity index (χ3n) is 7.24. The molecule has 4 rings (SSSR count). The fourth-order valence-electron chi connectivity index (χ4n) is 4.81. The van der Waals surface area contributed by atoms with Crippen LogP contribution in [0.4, 0.5) is 5.69 Å². The van der Waals surface area contributed by atoms with Crippen molar-refractivity contribution in [3.05, 3.63) is 129 Å². The van der Waals surface area contributed by atoms with Gasteiger partial charge >= 0.3 is 0 Å². The van der Waals surface area contributed by atoms with Gasteiger partial charge in [-0.15, -0.1) is 0 Å². The number of nitrogens with one attached hydrogen (secondary N) is 1. The maximum Gasteiger partial charge on any atom is 0.264 e. The number of amides is 2. The molecule has 1 N–H and O–H groups in total. The van der Waals surface area contributed by atoms with Crippen LogP contribution in [-0.4, -0.2) is 44.3 Å². The van der Waals surface area contributed by atoms with E-state index in [1.807, 2.05) is 51.1 Å². The Kier molecular flexibility index (Phi) is 12.1. The van der Waals surface area contributed by atoms with Crippen molar-refractivity contribution in [2.75, 3.05) is 17.4 Å². The molecular formula is C35H36Cl3N3O4S. The largest absolute Gasteiger partial charge is 0.354 e. The van der Waals surface area contributed by atoms with Crippen LogP contribution in [0.15, 0.2) is 102 Å². The SMILES string of the molecule is Cc1ccc(S(=O)(=O)N(CC(=O)N(Cc2ccc(Cl)cc2)[C@@H](Cc2ccccc2)C(=O)NCC(C)C)c2cc(Cl)cc(Cl)c2)cc1. The van der Waals surface area contributed by atoms with Crippen LogP contribution in [-0.2, 0) is 32.6 Å². The Labute approximate surface area is 286 Å². The first kappa shape index (κ1) is 35.3. The van der Waals surface area contributed by atoms with E-state index in [9.17, 15) is 18.0 Å². The van der Waals surface area contributed by atoms with Crippen molar-refractivity contribution in [3.63, 3.8) is 0 Å². The van der Waals surface area contributed by atoms with Crippen molar-refractivity contribution >= 4 is 62.3 Å². The fraction of sp³-hybridized carbons (Fsp3) is 0.257. The van der Waals surface area contributed by atoms with Gasteiger partial charge in [0.2, 0.25) is 11.8 Å². The topological polar surface area (TPSA) is 86.8 Å². The van der Waals surface area contributed by atoms with Crippen molar-refractivity contribution < 1.29 is 18.0 Å². The van der Waals surface area contributed by atoms with Gasteiger partial charge in [-0.2, -0.15) is 0 Å². The first-order valence-corrected chi connectivity index (χ1v) is 17.3. The van der Waals surface area contributed by atoms with Gasteiger partial charge in [0.05, 0.1) is 10.6 Å². The highest BCUT2D eigenvalue weighted by molar-refractivity contribution is 7.92. The minimum absolute atomic E-state index is 0.0123. The van der Waals surface area contributed by atoms with Crippen molar-refractivity contribution in [1.82, 2.24) is 10.2 Å². The van der Waals surface area contributed by atoms with Gasteiger partial charge in [0.15, 0.2) is 0 Å². The number of benzene rings is 4. The summed E-state index contributed by atoms with van der Waals surface area (Å²) < 4.78 is 29.3. The van der Waals surface area contributed by atoms with E-state index >= 15 is 0 Å². The molecule has 4 aromatic rings. The summed E-state index contributed by atoms with van der Waals surface area (Å²) >= 11 is 18.8. The van der Waals surface area contributed by atoms with Crippen molar-refractivity contribution in [2.24, 2.45) is 5.92 Å². The molecule has 0 spiro atoms. The number of nitrogens with zero attached hydrogens (tertiary/aromatic N) is 2. The molecule has 46 heavy (non-hydrogen) atoms. The summed E-state index contributed by atoms with van der Waals surface area (Å²) in [5.41, 5.74) is 2.54. The molecule has 0 unspecified atom stereocenters. The lowest BCUT2D eigenvalue weighted by atomic mass is 10.0. The van der Waals surface area contributed by atoms with E-state index in [0.717, 1.165) is 15.4 Å². The van der Waals surface area contributed by atoms with E-state index < -0.39 is 28.5 Å². The van der Waals surface area contributed by atoms with Crippen LogP contribution in [0, 0.1) is 12.8 Å². The van der Waals surface area contributed by atoms with Crippen molar-refractivity contribution in [1.29, 1.82) is 0 Å². The second-order valence-electron chi connectivity index (χ2n) is 11.4. The number of rotatable bonds is 13. The Morgan fingerprint density at radius 3 is 1.98 bits per heavy atom. The van der Waals surface area contributed by atoms with E-state index in [2.05, 4.69) is 5.32 Å². The molecule has 0 saturated heterocycles. The number of halogens is 3. The number of anilines is 1. The van der Waals surface area contributed by atoms with E-state index in [4.69, 9.17) is 34.8 Å². The van der Waals surface area contributed by atoms with E-state index in [1.165, 1.54) is 35.2 Å². The monoisotopic (exact) mass is 699 g/mol. The second kappa shape index (κ2) is 15.8. The Balaban J connectivity index is 1.82. The van der Waals surface area contributed by atoms with Gasteiger partial charge in [0.1, 0.15) is 12.6 Å². The van der Waals surface area contributed by atoms with Gasteiger partial charge in [-0.05, 0) is 66.4 Å². The number of hydrogen-bond donors (Lipinski definition) is 1. The van der Waals surface area contributed by atoms with Crippen LogP contribution < -0.4 is 9.62 Å². The zero-order valence-electron chi connectivity index (χ0n) is 25.8. The molecule has 242 valence electrons. The third-order valence-corrected chi connectivity index (χ3v) is 9.72. The summed E-state index contributed by atoms with van der Waals surface area (Å²) in [6.45, 7) is 5.61. The number of aryl methyl sites for hydroxylation is 1. The highest BCUT2D eigenvalue weighted by atomic mass is 35.5. The van der Waals surface area contributed by atoms with Crippen LogP contribution in [0.25, 0.3) is 0 Å². The summed E-state index contributed by atoms with van der Waals surface area (Å²) in [5.74, 6) is -0.773. The summed E-state index contributed by atoms with van der Waals surface area (Å²) in [5, 5.41) is 3.89. The highest BCUT2D eigenvalue weighted by Crippen LogP contribution is 2.30. The summed E-state index contributed by atoms with van der Waals surface area (Å²) in [6, 6.07) is 26.0. The van der Waals surface area contributed by atoms with Gasteiger partial charge in [0, 0.05) is 34.6 Å². The van der Waals surface area contributed by atoms with Gasteiger partial charge in [-0.25, -0.2) is 8.42 Å². The lowest BCUT2D eigenvalue weighted by Gasteiger charge is -2.34. The molecule has 7 nitrogen and oxygen atoms in total. The molecule has 0 aliphatic rings. The molecule has 0 saturated carbocycles. The van der Waals surface area contributed by atoms with Crippen molar-refractivity contribution in [2.45, 2.75) is 44.7 Å². The maximum atomic E-state index is 14.5. The zero-order chi connectivity index (χ0) is 33.4. The zero-order valence-corrected chi connectivity index (χ0v) is 28.9. The van der Waals surface area contributed by atoms with Gasteiger partial charge in [-0.3, -0.25) is 13.9 Å². The summed E-state index contributed by atoms with van der Waals surface area (Å²) in [4.78, 5) is 29.8. The minimum atomic E-state index is -4.29. The van der Waals surface area contributed by atoms with Gasteiger partial charge < -0.3 is 10.2 Å². The Morgan fingerprint density at radius 2 is 1.39 bits per heavy atom. The number of hydrogen-bond acceptors (Lipinski definition) is 4. The van der Waals surface area contributed by atoms with E-state index in [-0.39, 0.29) is 45.4 Å². The summed E-state index contributed by atoms with van der Waals surface area (Å²) in [6.07, 6.45) is 0.206. The van der Waals surface area contributed by atoms with Crippen LogP contribution >= 0.6 is 34.8 Å². The standard InChI is InChI=1S/C35H36Cl3N3O4S/c1-24(2)21-39-35(43)33(17-26-7-5-4-6-8-26)40(22-27-11-13-28(36)14-12-27)34(42)23-41(31-19-29(37)18-30(38)20-31)46(44,45)32-15-9-25(3)10-16-32/h4-16,18-20,24,33H,17,21-23H2,1-3H3,(H,39,43)/t33-/m0/s1. The van der Waals surface area contributed by atoms with Crippen LogP contribution in [0.3, 0.4) is 0 Å². The molecule has 0 heterocycles. The van der Waals surface area contributed by atoms with Gasteiger partial charge in [0.25, 0.3) is 10.0 Å². The Morgan fingerprint density at radius 1 is 0.783 bits per heavy atom. The third kappa shape index (κ3) is 9.48. The molecule has 4 aromatic carbocycles. The van der Waals surface area contributed by atoms with Crippen molar-refractivity contribution in [3.8, 4) is 0 Å². The molecule has 11 heteroatoms. The Bertz CT molecular complexity index is 1730. The molecular weight excluding hydrogens is 665 g/mol. The summed E-state index contributed by atoms with van der Waals surface area (Å²) in [7, 11) is -4.29. The predicted octanol–water partition coefficient (Wildman–Crippen LogP) is 7.56. The van der Waals surface area contributed by atoms with Crippen LogP contribution in [0.5, 0.6) is 0 Å². The molecule has 0 aliphatic carbocycles. The minimum Gasteiger partial charge on any atom is -0.354 e. The first-order valence-electron chi connectivity index (χ1n) is 14.7. The van der Waals surface area contributed by atoms with Gasteiger partial charge in [-0.1, -0.05) is 109 Å². The number of sulfonamides is 1. The molecule has 0 bridgehead atoms. The Hall–Kier alpha value is -3.56. The maximum absolute atomic E-state index is 14.5. The molecule has 0 fully saturated rings. The lowest BCUT2D eigenvalue weighted by Crippen LogP contribution is -2.53. The normalized spacial score (nSPS) is 12.1.